The molecule has 0 aliphatic heterocycles. The van der Waals surface area contributed by atoms with Crippen LogP contribution in [0.25, 0.3) is 0 Å². The van der Waals surface area contributed by atoms with Crippen LogP contribution in [0.5, 0.6) is 0 Å². The lowest BCUT2D eigenvalue weighted by Gasteiger charge is -2.10. The third-order valence-electron chi connectivity index (χ3n) is 2.56. The molecule has 20 heavy (non-hydrogen) atoms. The molecule has 0 aromatic carbocycles. The van der Waals surface area contributed by atoms with Crippen molar-refractivity contribution < 1.29 is 0 Å². The number of hydrogen-bond acceptors (Lipinski definition) is 3. The zero-order valence-corrected chi connectivity index (χ0v) is 15.4. The predicted molar refractivity (Wildman–Crippen MR) is 101 cm³/mol. The molecule has 0 aliphatic carbocycles. The molecular weight excluding hydrogens is 401 g/mol. The lowest BCUT2D eigenvalue weighted by Crippen LogP contribution is -2.38. The van der Waals surface area contributed by atoms with Gasteiger partial charge in [0, 0.05) is 22.8 Å². The van der Waals surface area contributed by atoms with Crippen LogP contribution in [0.1, 0.15) is 16.7 Å². The third-order valence-corrected chi connectivity index (χ3v) is 4.36. The Hall–Kier alpha value is -0.600. The van der Waals surface area contributed by atoms with E-state index in [1.807, 2.05) is 0 Å². The van der Waals surface area contributed by atoms with E-state index in [1.165, 1.54) is 9.75 Å². The quantitative estimate of drug-likeness (QED) is 0.424. The molecule has 0 saturated carbocycles. The first-order valence-corrected chi connectivity index (χ1v) is 8.21. The molecule has 0 saturated heterocycles. The van der Waals surface area contributed by atoms with E-state index in [2.05, 4.69) is 57.6 Å². The van der Waals surface area contributed by atoms with Crippen molar-refractivity contribution in [2.75, 3.05) is 13.1 Å². The van der Waals surface area contributed by atoms with Gasteiger partial charge >= 0.3 is 0 Å². The Morgan fingerprint density at radius 3 is 2.40 bits per heavy atom. The predicted octanol–water partition coefficient (Wildman–Crippen LogP) is 3.73. The molecule has 0 spiro atoms. The standard InChI is InChI=1S/C14H19N3S2.HI/c1-2-15-14(17-11-13-6-4-10-19-13)16-8-7-12-5-3-9-18-12;/h3-6,9-10H,2,7-8,11H2,1H3,(H2,15,16,17);1H. The second-order valence-corrected chi connectivity index (χ2v) is 6.10. The Morgan fingerprint density at radius 1 is 1.10 bits per heavy atom. The number of hydrogen-bond donors (Lipinski definition) is 2. The van der Waals surface area contributed by atoms with E-state index in [-0.39, 0.29) is 24.0 Å². The van der Waals surface area contributed by atoms with Crippen molar-refractivity contribution in [2.24, 2.45) is 4.99 Å². The molecule has 0 bridgehead atoms. The van der Waals surface area contributed by atoms with Crippen LogP contribution in [0.15, 0.2) is 40.0 Å². The number of halogens is 1. The van der Waals surface area contributed by atoms with Crippen molar-refractivity contribution in [1.82, 2.24) is 10.6 Å². The molecular formula is C14H20IN3S2. The van der Waals surface area contributed by atoms with Gasteiger partial charge in [0.05, 0.1) is 6.54 Å². The van der Waals surface area contributed by atoms with E-state index < -0.39 is 0 Å². The van der Waals surface area contributed by atoms with Gasteiger partial charge in [0.15, 0.2) is 5.96 Å². The summed E-state index contributed by atoms with van der Waals surface area (Å²) < 4.78 is 0. The minimum atomic E-state index is 0. The smallest absolute Gasteiger partial charge is 0.191 e. The molecule has 2 heterocycles. The average Bonchev–Trinajstić information content (AvgIpc) is 3.09. The molecule has 0 radical (unpaired) electrons. The van der Waals surface area contributed by atoms with Crippen LogP contribution >= 0.6 is 46.7 Å². The molecule has 2 aromatic rings. The van der Waals surface area contributed by atoms with Gasteiger partial charge in [-0.2, -0.15) is 0 Å². The summed E-state index contributed by atoms with van der Waals surface area (Å²) in [7, 11) is 0. The first kappa shape index (κ1) is 17.5. The number of rotatable bonds is 6. The van der Waals surface area contributed by atoms with Gasteiger partial charge in [-0.05, 0) is 36.2 Å². The van der Waals surface area contributed by atoms with Crippen molar-refractivity contribution in [2.45, 2.75) is 19.9 Å². The molecule has 110 valence electrons. The molecule has 0 aliphatic rings. The summed E-state index contributed by atoms with van der Waals surface area (Å²) in [6.45, 7) is 4.62. The fourth-order valence-electron chi connectivity index (χ4n) is 1.66. The fourth-order valence-corrected chi connectivity index (χ4v) is 3.00. The van der Waals surface area contributed by atoms with Crippen LogP contribution < -0.4 is 10.6 Å². The average molecular weight is 421 g/mol. The number of guanidine groups is 1. The van der Waals surface area contributed by atoms with Gasteiger partial charge in [-0.25, -0.2) is 4.99 Å². The zero-order valence-electron chi connectivity index (χ0n) is 11.5. The summed E-state index contributed by atoms with van der Waals surface area (Å²) in [4.78, 5) is 7.27. The molecule has 0 amide bonds. The van der Waals surface area contributed by atoms with Crippen molar-refractivity contribution in [3.63, 3.8) is 0 Å². The second kappa shape index (κ2) is 10.2. The van der Waals surface area contributed by atoms with Crippen LogP contribution in [0.2, 0.25) is 0 Å². The van der Waals surface area contributed by atoms with Crippen LogP contribution in [0.4, 0.5) is 0 Å². The summed E-state index contributed by atoms with van der Waals surface area (Å²) in [5.41, 5.74) is 0. The highest BCUT2D eigenvalue weighted by molar-refractivity contribution is 14.0. The van der Waals surface area contributed by atoms with E-state index in [0.717, 1.165) is 32.0 Å². The fraction of sp³-hybridized carbons (Fsp3) is 0.357. The van der Waals surface area contributed by atoms with Crippen LogP contribution in [-0.4, -0.2) is 19.0 Å². The van der Waals surface area contributed by atoms with Crippen molar-refractivity contribution in [3.8, 4) is 0 Å². The molecule has 2 aromatic heterocycles. The maximum atomic E-state index is 4.58. The van der Waals surface area contributed by atoms with E-state index in [4.69, 9.17) is 0 Å². The summed E-state index contributed by atoms with van der Waals surface area (Å²) in [6, 6.07) is 8.44. The Kier molecular flexibility index (Phi) is 8.88. The SMILES string of the molecule is CCNC(=NCc1cccs1)NCCc1cccs1.I. The summed E-state index contributed by atoms with van der Waals surface area (Å²) >= 11 is 3.54. The number of aliphatic imine (C=N–C) groups is 1. The summed E-state index contributed by atoms with van der Waals surface area (Å²) in [6.07, 6.45) is 1.04. The Labute approximate surface area is 145 Å². The van der Waals surface area contributed by atoms with Gasteiger partial charge in [-0.15, -0.1) is 46.7 Å². The Morgan fingerprint density at radius 2 is 1.80 bits per heavy atom. The van der Waals surface area contributed by atoms with Crippen LogP contribution in [0, 0.1) is 0 Å². The van der Waals surface area contributed by atoms with Gasteiger partial charge in [0.1, 0.15) is 0 Å². The molecule has 0 fully saturated rings. The Balaban J connectivity index is 0.00000200. The number of nitrogens with zero attached hydrogens (tertiary/aromatic N) is 1. The van der Waals surface area contributed by atoms with Crippen molar-refractivity contribution >= 4 is 52.6 Å². The second-order valence-electron chi connectivity index (χ2n) is 4.03. The maximum absolute atomic E-state index is 4.58. The number of thiophene rings is 2. The highest BCUT2D eigenvalue weighted by Gasteiger charge is 1.99. The van der Waals surface area contributed by atoms with Crippen molar-refractivity contribution in [1.29, 1.82) is 0 Å². The lowest BCUT2D eigenvalue weighted by molar-refractivity contribution is 0.806. The van der Waals surface area contributed by atoms with Crippen molar-refractivity contribution in [3.05, 3.63) is 44.8 Å². The van der Waals surface area contributed by atoms with Crippen LogP contribution in [0.3, 0.4) is 0 Å². The van der Waals surface area contributed by atoms with Gasteiger partial charge < -0.3 is 10.6 Å². The molecule has 2 rings (SSSR count). The molecule has 6 heteroatoms. The monoisotopic (exact) mass is 421 g/mol. The van der Waals surface area contributed by atoms with E-state index in [1.54, 1.807) is 22.7 Å². The highest BCUT2D eigenvalue weighted by atomic mass is 127. The molecule has 3 nitrogen and oxygen atoms in total. The van der Waals surface area contributed by atoms with Gasteiger partial charge in [-0.1, -0.05) is 12.1 Å². The van der Waals surface area contributed by atoms with Gasteiger partial charge in [0.25, 0.3) is 0 Å². The Bertz CT molecular complexity index is 481. The molecule has 2 N–H and O–H groups in total. The normalized spacial score (nSPS) is 10.9. The topological polar surface area (TPSA) is 36.4 Å². The number of nitrogens with one attached hydrogen (secondary N) is 2. The van der Waals surface area contributed by atoms with Crippen LogP contribution in [-0.2, 0) is 13.0 Å². The first-order chi connectivity index (χ1) is 9.38. The maximum Gasteiger partial charge on any atom is 0.191 e. The van der Waals surface area contributed by atoms with Gasteiger partial charge in [-0.3, -0.25) is 0 Å². The summed E-state index contributed by atoms with van der Waals surface area (Å²) in [5, 5.41) is 10.8. The first-order valence-electron chi connectivity index (χ1n) is 6.45. The summed E-state index contributed by atoms with van der Waals surface area (Å²) in [5.74, 6) is 0.896. The largest absolute Gasteiger partial charge is 0.357 e. The van der Waals surface area contributed by atoms with Gasteiger partial charge in [0.2, 0.25) is 0 Å². The van der Waals surface area contributed by atoms with E-state index in [9.17, 15) is 0 Å². The third kappa shape index (κ3) is 6.23. The molecule has 0 unspecified atom stereocenters. The zero-order chi connectivity index (χ0) is 13.3. The minimum absolute atomic E-state index is 0. The van der Waals surface area contributed by atoms with E-state index >= 15 is 0 Å². The minimum Gasteiger partial charge on any atom is -0.357 e. The van der Waals surface area contributed by atoms with E-state index in [0.29, 0.717) is 0 Å². The lowest BCUT2D eigenvalue weighted by atomic mass is 10.3. The molecule has 0 atom stereocenters. The highest BCUT2D eigenvalue weighted by Crippen LogP contribution is 2.09.